The molecule has 1 amide bonds. The summed E-state index contributed by atoms with van der Waals surface area (Å²) >= 11 is 6.04. The molecule has 5 saturated carbocycles. The van der Waals surface area contributed by atoms with Gasteiger partial charge in [-0.3, -0.25) is 9.69 Å². The zero-order chi connectivity index (χ0) is 20.3. The Morgan fingerprint density at radius 2 is 1.70 bits per heavy atom. The monoisotopic (exact) mass is 426 g/mol. The van der Waals surface area contributed by atoms with Crippen LogP contribution in [0.2, 0.25) is 5.02 Å². The van der Waals surface area contributed by atoms with Crippen LogP contribution in [0.4, 0.5) is 0 Å². The molecule has 7 rings (SSSR count). The second-order valence-corrected chi connectivity index (χ2v) is 11.7. The first-order valence-electron chi connectivity index (χ1n) is 12.4. The van der Waals surface area contributed by atoms with E-state index in [0.717, 1.165) is 59.7 Å². The molecule has 0 unspecified atom stereocenters. The third kappa shape index (κ3) is 3.41. The van der Waals surface area contributed by atoms with Crippen LogP contribution in [0.25, 0.3) is 0 Å². The molecule has 162 valence electrons. The van der Waals surface area contributed by atoms with Crippen LogP contribution in [-0.2, 0) is 10.2 Å². The van der Waals surface area contributed by atoms with E-state index in [1.807, 2.05) is 24.3 Å². The molecule has 1 aromatic rings. The number of carbonyl (C=O) groups is 1. The summed E-state index contributed by atoms with van der Waals surface area (Å²) in [5, 5.41) is 4.10. The summed E-state index contributed by atoms with van der Waals surface area (Å²) in [5.74, 6) is 4.87. The van der Waals surface area contributed by atoms with Crippen molar-refractivity contribution in [3.63, 3.8) is 0 Å². The van der Waals surface area contributed by atoms with Crippen LogP contribution in [0.15, 0.2) is 24.3 Å². The van der Waals surface area contributed by atoms with E-state index in [0.29, 0.717) is 5.92 Å². The first kappa shape index (κ1) is 19.6. The molecule has 1 saturated heterocycles. The van der Waals surface area contributed by atoms with Crippen molar-refractivity contribution in [2.45, 2.75) is 69.2 Å². The van der Waals surface area contributed by atoms with Gasteiger partial charge in [0.2, 0.25) is 5.91 Å². The number of likely N-dealkylation sites (tertiary alicyclic amines) is 1. The average Bonchev–Trinajstić information content (AvgIpc) is 3.54. The quantitative estimate of drug-likeness (QED) is 0.716. The lowest BCUT2D eigenvalue weighted by molar-refractivity contribution is -0.124. The topological polar surface area (TPSA) is 32.3 Å². The van der Waals surface area contributed by atoms with Crippen LogP contribution >= 0.6 is 11.6 Å². The molecular weight excluding hydrogens is 392 g/mol. The van der Waals surface area contributed by atoms with E-state index < -0.39 is 0 Å². The lowest BCUT2D eigenvalue weighted by Gasteiger charge is -2.58. The van der Waals surface area contributed by atoms with Gasteiger partial charge in [0.15, 0.2) is 0 Å². The van der Waals surface area contributed by atoms with Crippen molar-refractivity contribution < 1.29 is 4.79 Å². The molecule has 0 aromatic heterocycles. The van der Waals surface area contributed by atoms with Crippen molar-refractivity contribution >= 4 is 17.5 Å². The predicted molar refractivity (Wildman–Crippen MR) is 121 cm³/mol. The molecule has 6 aliphatic rings. The van der Waals surface area contributed by atoms with Crippen molar-refractivity contribution in [2.75, 3.05) is 19.6 Å². The molecule has 1 aliphatic heterocycles. The number of piperidine rings is 1. The highest BCUT2D eigenvalue weighted by atomic mass is 35.5. The number of benzene rings is 1. The predicted octanol–water partition coefficient (Wildman–Crippen LogP) is 5.02. The molecule has 3 nitrogen and oxygen atoms in total. The summed E-state index contributed by atoms with van der Waals surface area (Å²) in [5.41, 5.74) is 0.837. The maximum absolute atomic E-state index is 13.1. The number of rotatable bonds is 5. The molecule has 1 aromatic carbocycles. The molecule has 1 N–H and O–H groups in total. The minimum Gasteiger partial charge on any atom is -0.355 e. The zero-order valence-electron chi connectivity index (χ0n) is 18.0. The summed E-state index contributed by atoms with van der Waals surface area (Å²) in [7, 11) is 0. The highest BCUT2D eigenvalue weighted by Gasteiger charge is 2.52. The Balaban J connectivity index is 1.07. The van der Waals surface area contributed by atoms with Crippen LogP contribution in [0.3, 0.4) is 0 Å². The summed E-state index contributed by atoms with van der Waals surface area (Å²) in [6, 6.07) is 8.73. The zero-order valence-corrected chi connectivity index (χ0v) is 18.7. The van der Waals surface area contributed by atoms with Gasteiger partial charge in [0.25, 0.3) is 0 Å². The maximum atomic E-state index is 13.1. The third-order valence-corrected chi connectivity index (χ3v) is 9.53. The molecule has 0 spiro atoms. The van der Waals surface area contributed by atoms with Crippen LogP contribution in [0, 0.1) is 29.6 Å². The Labute approximate surface area is 185 Å². The van der Waals surface area contributed by atoms with Crippen molar-refractivity contribution in [3.05, 3.63) is 34.9 Å². The SMILES string of the molecule is O=C(NC[C@H]1CCCN(C2C3CC4CC(C3)CC2C4)C1)C1(c2ccc(Cl)cc2)CC1. The molecular formula is C26H35ClN2O. The Morgan fingerprint density at radius 1 is 1.03 bits per heavy atom. The Morgan fingerprint density at radius 3 is 2.33 bits per heavy atom. The number of nitrogens with one attached hydrogen (secondary N) is 1. The molecule has 5 aliphatic carbocycles. The maximum Gasteiger partial charge on any atom is 0.230 e. The van der Waals surface area contributed by atoms with Gasteiger partial charge in [-0.05, 0) is 112 Å². The van der Waals surface area contributed by atoms with Gasteiger partial charge >= 0.3 is 0 Å². The Hall–Kier alpha value is -1.06. The van der Waals surface area contributed by atoms with Gasteiger partial charge in [-0.1, -0.05) is 23.7 Å². The summed E-state index contributed by atoms with van der Waals surface area (Å²) < 4.78 is 0. The van der Waals surface area contributed by atoms with Crippen molar-refractivity contribution in [3.8, 4) is 0 Å². The summed E-state index contributed by atoms with van der Waals surface area (Å²) in [6.45, 7) is 3.32. The lowest BCUT2D eigenvalue weighted by Crippen LogP contribution is -2.58. The van der Waals surface area contributed by atoms with E-state index in [2.05, 4.69) is 10.2 Å². The number of hydrogen-bond acceptors (Lipinski definition) is 2. The van der Waals surface area contributed by atoms with E-state index in [-0.39, 0.29) is 11.3 Å². The fraction of sp³-hybridized carbons (Fsp3) is 0.731. The van der Waals surface area contributed by atoms with Gasteiger partial charge < -0.3 is 5.32 Å². The van der Waals surface area contributed by atoms with Crippen LogP contribution in [0.1, 0.15) is 63.4 Å². The normalized spacial score (nSPS) is 39.1. The van der Waals surface area contributed by atoms with Gasteiger partial charge in [0.05, 0.1) is 5.41 Å². The van der Waals surface area contributed by atoms with Crippen LogP contribution in [-0.4, -0.2) is 36.5 Å². The molecule has 4 heteroatoms. The largest absolute Gasteiger partial charge is 0.355 e. The summed E-state index contributed by atoms with van der Waals surface area (Å²) in [4.78, 5) is 15.9. The number of carbonyl (C=O) groups excluding carboxylic acids is 1. The van der Waals surface area contributed by atoms with Crippen molar-refractivity contribution in [1.29, 1.82) is 0 Å². The van der Waals surface area contributed by atoms with Gasteiger partial charge in [0, 0.05) is 24.2 Å². The smallest absolute Gasteiger partial charge is 0.230 e. The Kier molecular flexibility index (Phi) is 4.91. The van der Waals surface area contributed by atoms with E-state index >= 15 is 0 Å². The second-order valence-electron chi connectivity index (χ2n) is 11.2. The van der Waals surface area contributed by atoms with Crippen LogP contribution in [0.5, 0.6) is 0 Å². The molecule has 30 heavy (non-hydrogen) atoms. The van der Waals surface area contributed by atoms with Crippen LogP contribution < -0.4 is 5.32 Å². The minimum atomic E-state index is -0.291. The van der Waals surface area contributed by atoms with Gasteiger partial charge in [-0.15, -0.1) is 0 Å². The molecule has 1 heterocycles. The second kappa shape index (κ2) is 7.52. The van der Waals surface area contributed by atoms with E-state index in [4.69, 9.17) is 11.6 Å². The molecule has 6 fully saturated rings. The summed E-state index contributed by atoms with van der Waals surface area (Å²) in [6.07, 6.45) is 12.0. The minimum absolute atomic E-state index is 0.233. The van der Waals surface area contributed by atoms with E-state index in [9.17, 15) is 4.79 Å². The number of nitrogens with zero attached hydrogens (tertiary/aromatic N) is 1. The van der Waals surface area contributed by atoms with Gasteiger partial charge in [0.1, 0.15) is 0 Å². The highest BCUT2D eigenvalue weighted by Crippen LogP contribution is 2.55. The van der Waals surface area contributed by atoms with Gasteiger partial charge in [-0.25, -0.2) is 0 Å². The van der Waals surface area contributed by atoms with Gasteiger partial charge in [-0.2, -0.15) is 0 Å². The fourth-order valence-corrected chi connectivity index (χ4v) is 8.10. The molecule has 4 bridgehead atoms. The fourth-order valence-electron chi connectivity index (χ4n) is 7.97. The van der Waals surface area contributed by atoms with Crippen molar-refractivity contribution in [2.24, 2.45) is 29.6 Å². The average molecular weight is 427 g/mol. The first-order valence-corrected chi connectivity index (χ1v) is 12.8. The number of amides is 1. The van der Waals surface area contributed by atoms with Crippen molar-refractivity contribution in [1.82, 2.24) is 10.2 Å². The molecule has 1 atom stereocenters. The first-order chi connectivity index (χ1) is 14.6. The number of hydrogen-bond donors (Lipinski definition) is 1. The van der Waals surface area contributed by atoms with E-state index in [1.54, 1.807) is 0 Å². The standard InChI is InChI=1S/C26H35ClN2O/c27-23-5-3-22(4-6-23)26(7-8-26)25(30)28-15-17-2-1-9-29(16-17)24-20-11-18-10-19(13-20)14-21(24)12-18/h3-6,17-21,24H,1-2,7-16H2,(H,28,30)/t17-,18?,19?,20?,21?,24?/m1/s1. The highest BCUT2D eigenvalue weighted by molar-refractivity contribution is 6.30. The third-order valence-electron chi connectivity index (χ3n) is 9.28. The molecule has 0 radical (unpaired) electrons. The number of halogens is 1. The van der Waals surface area contributed by atoms with E-state index in [1.165, 1.54) is 58.0 Å². The lowest BCUT2D eigenvalue weighted by atomic mass is 9.53. The Bertz CT molecular complexity index is 774.